The molecule has 6 rings (SSSR count). The lowest BCUT2D eigenvalue weighted by atomic mass is 9.96. The van der Waals surface area contributed by atoms with Gasteiger partial charge in [0.25, 0.3) is 0 Å². The molecule has 39 heavy (non-hydrogen) atoms. The standard InChI is InChI=1S/C30H36N6O2S/c1-20(36-33-18-32-34-36)23-8-6-22(7-9-23)15-35-28-11-10-25(38-16-24-17-39-19-31-24)13-27(28)26(12-21-4-5-21)29(35)14-30(2,3)37/h6-11,13,17-21,34,37H,4-5,12,14-16H2,1-3H3,(H,32,33). The van der Waals surface area contributed by atoms with Crippen molar-refractivity contribution < 1.29 is 9.84 Å². The van der Waals surface area contributed by atoms with E-state index in [2.05, 4.69) is 75.0 Å². The number of hydrazone groups is 1. The Hall–Kier alpha value is -3.40. The van der Waals surface area contributed by atoms with Crippen LogP contribution in [0.1, 0.15) is 67.7 Å². The van der Waals surface area contributed by atoms with Gasteiger partial charge in [-0.05, 0) is 80.8 Å². The number of benzene rings is 2. The number of hydrogen-bond acceptors (Lipinski definition) is 8. The molecule has 1 saturated carbocycles. The molecule has 0 saturated heterocycles. The number of nitrogens with one attached hydrogen (secondary N) is 2. The number of ether oxygens (including phenoxy) is 1. The fourth-order valence-corrected chi connectivity index (χ4v) is 5.83. The topological polar surface area (TPSA) is 86.9 Å². The fourth-order valence-electron chi connectivity index (χ4n) is 5.29. The summed E-state index contributed by atoms with van der Waals surface area (Å²) in [6.07, 6.45) is 5.83. The molecule has 3 N–H and O–H groups in total. The van der Waals surface area contributed by atoms with Crippen LogP contribution < -0.4 is 15.7 Å². The number of fused-ring (bicyclic) bond motifs is 1. The SMILES string of the molecule is CC(c1ccc(Cn2c(CC(C)(C)O)c(CC3CC3)c3cc(OCc4cscn4)ccc32)cc1)N1NC=NN1. The quantitative estimate of drug-likeness (QED) is 0.237. The van der Waals surface area contributed by atoms with Gasteiger partial charge in [0.15, 0.2) is 0 Å². The minimum absolute atomic E-state index is 0.118. The largest absolute Gasteiger partial charge is 0.487 e. The molecule has 0 radical (unpaired) electrons. The molecular weight excluding hydrogens is 508 g/mol. The summed E-state index contributed by atoms with van der Waals surface area (Å²) in [5, 5.41) is 20.1. The summed E-state index contributed by atoms with van der Waals surface area (Å²) in [5.74, 6) is 1.58. The van der Waals surface area contributed by atoms with Crippen molar-refractivity contribution in [2.75, 3.05) is 0 Å². The first-order valence-corrected chi connectivity index (χ1v) is 14.6. The van der Waals surface area contributed by atoms with E-state index in [1.165, 1.54) is 46.1 Å². The number of aromatic nitrogens is 2. The zero-order chi connectivity index (χ0) is 27.0. The van der Waals surface area contributed by atoms with Gasteiger partial charge < -0.3 is 14.4 Å². The van der Waals surface area contributed by atoms with Crippen LogP contribution in [-0.2, 0) is 26.0 Å². The van der Waals surface area contributed by atoms with Gasteiger partial charge in [-0.3, -0.25) is 5.43 Å². The van der Waals surface area contributed by atoms with E-state index in [-0.39, 0.29) is 6.04 Å². The van der Waals surface area contributed by atoms with Crippen LogP contribution in [0.3, 0.4) is 0 Å². The Morgan fingerprint density at radius 2 is 2.00 bits per heavy atom. The maximum absolute atomic E-state index is 10.9. The molecule has 2 aliphatic rings. The third kappa shape index (κ3) is 5.95. The van der Waals surface area contributed by atoms with Gasteiger partial charge >= 0.3 is 0 Å². The van der Waals surface area contributed by atoms with Crippen LogP contribution in [0.15, 0.2) is 58.5 Å². The van der Waals surface area contributed by atoms with Crippen molar-refractivity contribution in [2.24, 2.45) is 11.0 Å². The van der Waals surface area contributed by atoms with E-state index < -0.39 is 5.60 Å². The Morgan fingerprint density at radius 3 is 2.67 bits per heavy atom. The van der Waals surface area contributed by atoms with Crippen molar-refractivity contribution >= 4 is 28.6 Å². The molecule has 3 heterocycles. The van der Waals surface area contributed by atoms with Gasteiger partial charge in [0.2, 0.25) is 0 Å². The summed E-state index contributed by atoms with van der Waals surface area (Å²) in [5.41, 5.74) is 14.2. The van der Waals surface area contributed by atoms with Gasteiger partial charge in [-0.15, -0.1) is 16.5 Å². The Bertz CT molecular complexity index is 1440. The van der Waals surface area contributed by atoms with Crippen LogP contribution in [0.4, 0.5) is 0 Å². The Kier molecular flexibility index (Phi) is 7.05. The highest BCUT2D eigenvalue weighted by molar-refractivity contribution is 7.07. The summed E-state index contributed by atoms with van der Waals surface area (Å²) in [7, 11) is 0. The van der Waals surface area contributed by atoms with Gasteiger partial charge in [0.1, 0.15) is 18.7 Å². The van der Waals surface area contributed by atoms with E-state index in [0.29, 0.717) is 13.0 Å². The van der Waals surface area contributed by atoms with Gasteiger partial charge in [-0.2, -0.15) is 5.10 Å². The second-order valence-electron chi connectivity index (χ2n) is 11.4. The zero-order valence-electron chi connectivity index (χ0n) is 22.7. The van der Waals surface area contributed by atoms with Crippen LogP contribution in [0.5, 0.6) is 5.75 Å². The summed E-state index contributed by atoms with van der Waals surface area (Å²) >= 11 is 1.58. The van der Waals surface area contributed by atoms with Crippen LogP contribution in [-0.4, -0.2) is 31.7 Å². The molecule has 8 nitrogen and oxygen atoms in total. The summed E-state index contributed by atoms with van der Waals surface area (Å²) in [6, 6.07) is 15.3. The minimum atomic E-state index is -0.814. The summed E-state index contributed by atoms with van der Waals surface area (Å²) in [6.45, 7) is 7.13. The highest BCUT2D eigenvalue weighted by atomic mass is 32.1. The molecule has 1 unspecified atom stereocenters. The summed E-state index contributed by atoms with van der Waals surface area (Å²) < 4.78 is 8.55. The monoisotopic (exact) mass is 544 g/mol. The third-order valence-electron chi connectivity index (χ3n) is 7.54. The van der Waals surface area contributed by atoms with Crippen LogP contribution in [0.25, 0.3) is 10.9 Å². The Balaban J connectivity index is 1.34. The third-order valence-corrected chi connectivity index (χ3v) is 8.17. The predicted molar refractivity (Wildman–Crippen MR) is 155 cm³/mol. The lowest BCUT2D eigenvalue weighted by molar-refractivity contribution is 0.0789. The molecular formula is C30H36N6O2S. The highest BCUT2D eigenvalue weighted by Crippen LogP contribution is 2.39. The molecule has 1 atom stereocenters. The van der Waals surface area contributed by atoms with Crippen molar-refractivity contribution in [3.63, 3.8) is 0 Å². The minimum Gasteiger partial charge on any atom is -0.487 e. The van der Waals surface area contributed by atoms with Crippen LogP contribution >= 0.6 is 11.3 Å². The number of aliphatic hydroxyl groups is 1. The highest BCUT2D eigenvalue weighted by Gasteiger charge is 2.29. The van der Waals surface area contributed by atoms with Gasteiger partial charge in [0, 0.05) is 34.9 Å². The molecule has 9 heteroatoms. The average Bonchev–Trinajstić information content (AvgIpc) is 3.28. The molecule has 1 aliphatic carbocycles. The van der Waals surface area contributed by atoms with E-state index in [1.807, 2.05) is 29.9 Å². The lowest BCUT2D eigenvalue weighted by Crippen LogP contribution is -2.40. The average molecular weight is 545 g/mol. The molecule has 2 aromatic carbocycles. The second kappa shape index (κ2) is 10.6. The van der Waals surface area contributed by atoms with E-state index in [9.17, 15) is 5.11 Å². The molecule has 204 valence electrons. The zero-order valence-corrected chi connectivity index (χ0v) is 23.5. The lowest BCUT2D eigenvalue weighted by Gasteiger charge is -2.23. The van der Waals surface area contributed by atoms with E-state index in [0.717, 1.165) is 30.3 Å². The molecule has 1 fully saturated rings. The first-order valence-electron chi connectivity index (χ1n) is 13.6. The first kappa shape index (κ1) is 25.9. The van der Waals surface area contributed by atoms with Crippen molar-refractivity contribution in [3.05, 3.63) is 81.4 Å². The van der Waals surface area contributed by atoms with Crippen molar-refractivity contribution in [2.45, 2.75) is 71.2 Å². The number of nitrogens with zero attached hydrogens (tertiary/aromatic N) is 4. The van der Waals surface area contributed by atoms with Gasteiger partial charge in [-0.1, -0.05) is 24.3 Å². The van der Waals surface area contributed by atoms with E-state index in [4.69, 9.17) is 4.74 Å². The number of hydrogen-bond donors (Lipinski definition) is 3. The number of rotatable bonds is 11. The van der Waals surface area contributed by atoms with Gasteiger partial charge in [-0.25, -0.2) is 10.5 Å². The van der Waals surface area contributed by atoms with Crippen molar-refractivity contribution in [1.82, 2.24) is 25.6 Å². The van der Waals surface area contributed by atoms with E-state index in [1.54, 1.807) is 17.7 Å². The van der Waals surface area contributed by atoms with Gasteiger partial charge in [0.05, 0.1) is 22.8 Å². The van der Waals surface area contributed by atoms with E-state index >= 15 is 0 Å². The van der Waals surface area contributed by atoms with Crippen LogP contribution in [0.2, 0.25) is 0 Å². The Morgan fingerprint density at radius 1 is 1.18 bits per heavy atom. The number of hydrazine groups is 2. The maximum Gasteiger partial charge on any atom is 0.131 e. The molecule has 0 bridgehead atoms. The molecule has 2 aromatic heterocycles. The normalized spacial score (nSPS) is 16.4. The number of thiazole rings is 1. The molecule has 1 aliphatic heterocycles. The first-order chi connectivity index (χ1) is 18.8. The predicted octanol–water partition coefficient (Wildman–Crippen LogP) is 5.32. The summed E-state index contributed by atoms with van der Waals surface area (Å²) in [4.78, 5) is 4.35. The molecule has 0 amide bonds. The molecule has 4 aromatic rings. The van der Waals surface area contributed by atoms with Crippen molar-refractivity contribution in [1.29, 1.82) is 0 Å². The van der Waals surface area contributed by atoms with Crippen LogP contribution in [0, 0.1) is 5.92 Å². The van der Waals surface area contributed by atoms with Crippen molar-refractivity contribution in [3.8, 4) is 5.75 Å². The fraction of sp³-hybridized carbons (Fsp3) is 0.400. The second-order valence-corrected chi connectivity index (χ2v) is 12.1. The Labute approximate surface area is 233 Å². The maximum atomic E-state index is 10.9. The smallest absolute Gasteiger partial charge is 0.131 e. The molecule has 0 spiro atoms.